The van der Waals surface area contributed by atoms with Gasteiger partial charge in [-0.15, -0.1) is 0 Å². The highest BCUT2D eigenvalue weighted by atomic mass is 19.1. The minimum absolute atomic E-state index is 0.0114. The molecule has 0 aromatic heterocycles. The van der Waals surface area contributed by atoms with Gasteiger partial charge in [-0.05, 0) is 48.7 Å². The second kappa shape index (κ2) is 7.93. The van der Waals surface area contributed by atoms with Crippen molar-refractivity contribution in [2.24, 2.45) is 0 Å². The van der Waals surface area contributed by atoms with Gasteiger partial charge in [0.1, 0.15) is 12.4 Å². The van der Waals surface area contributed by atoms with E-state index in [0.29, 0.717) is 16.9 Å². The second-order valence-corrected chi connectivity index (χ2v) is 5.54. The molecule has 128 valence electrons. The van der Waals surface area contributed by atoms with Crippen molar-refractivity contribution in [3.05, 3.63) is 58.4 Å². The number of esters is 1. The molecule has 0 unspecified atom stereocenters. The fraction of sp³-hybridized carbons (Fsp3) is 0.316. The van der Waals surface area contributed by atoms with Gasteiger partial charge in [-0.2, -0.15) is 0 Å². The van der Waals surface area contributed by atoms with E-state index in [-0.39, 0.29) is 31.4 Å². The summed E-state index contributed by atoms with van der Waals surface area (Å²) >= 11 is 0. The summed E-state index contributed by atoms with van der Waals surface area (Å²) in [5.41, 5.74) is 2.85. The fourth-order valence-electron chi connectivity index (χ4n) is 2.23. The summed E-state index contributed by atoms with van der Waals surface area (Å²) in [5, 5.41) is 9.50. The smallest absolute Gasteiger partial charge is 0.310 e. The van der Waals surface area contributed by atoms with Gasteiger partial charge in [-0.1, -0.05) is 19.1 Å². The summed E-state index contributed by atoms with van der Waals surface area (Å²) in [6.45, 7) is 5.15. The molecule has 0 bridgehead atoms. The van der Waals surface area contributed by atoms with Gasteiger partial charge >= 0.3 is 5.97 Å². The van der Waals surface area contributed by atoms with Crippen LogP contribution in [0.3, 0.4) is 0 Å². The molecule has 0 saturated heterocycles. The van der Waals surface area contributed by atoms with Crippen LogP contribution in [0.15, 0.2) is 30.3 Å². The van der Waals surface area contributed by atoms with Crippen LogP contribution in [-0.2, 0) is 18.0 Å². The number of aliphatic hydroxyl groups excluding tert-OH is 1. The standard InChI is InChI=1S/C19H21FO4/c1-4-19(22)24-17-7-5-6-14(10-21)15(17)11-23-18-9-13(3)12(2)8-16(18)20/h5-9,21H,4,10-11H2,1-3H3. The highest BCUT2D eigenvalue weighted by Crippen LogP contribution is 2.27. The summed E-state index contributed by atoms with van der Waals surface area (Å²) in [7, 11) is 0. The van der Waals surface area contributed by atoms with E-state index in [1.165, 1.54) is 6.07 Å². The normalized spacial score (nSPS) is 10.5. The molecule has 0 spiro atoms. The van der Waals surface area contributed by atoms with Crippen molar-refractivity contribution in [3.8, 4) is 11.5 Å². The SMILES string of the molecule is CCC(=O)Oc1cccc(CO)c1COc1cc(C)c(C)cc1F. The first kappa shape index (κ1) is 17.9. The van der Waals surface area contributed by atoms with Crippen molar-refractivity contribution in [1.29, 1.82) is 0 Å². The van der Waals surface area contributed by atoms with Crippen LogP contribution < -0.4 is 9.47 Å². The van der Waals surface area contributed by atoms with Crippen molar-refractivity contribution in [2.45, 2.75) is 40.4 Å². The molecule has 0 heterocycles. The van der Waals surface area contributed by atoms with Gasteiger partial charge in [0.2, 0.25) is 0 Å². The summed E-state index contributed by atoms with van der Waals surface area (Å²) in [6, 6.07) is 8.06. The van der Waals surface area contributed by atoms with E-state index >= 15 is 0 Å². The predicted octanol–water partition coefficient (Wildman–Crippen LogP) is 3.83. The summed E-state index contributed by atoms with van der Waals surface area (Å²) in [6.07, 6.45) is 0.232. The lowest BCUT2D eigenvalue weighted by Gasteiger charge is -2.15. The minimum Gasteiger partial charge on any atom is -0.486 e. The number of carbonyl (C=O) groups excluding carboxylic acids is 1. The number of hydrogen-bond acceptors (Lipinski definition) is 4. The predicted molar refractivity (Wildman–Crippen MR) is 88.5 cm³/mol. The molecule has 1 N–H and O–H groups in total. The van der Waals surface area contributed by atoms with E-state index in [0.717, 1.165) is 11.1 Å². The molecular weight excluding hydrogens is 311 g/mol. The molecule has 0 aliphatic heterocycles. The van der Waals surface area contributed by atoms with E-state index in [9.17, 15) is 14.3 Å². The maximum Gasteiger partial charge on any atom is 0.310 e. The maximum atomic E-state index is 14.0. The van der Waals surface area contributed by atoms with Crippen molar-refractivity contribution >= 4 is 5.97 Å². The van der Waals surface area contributed by atoms with E-state index in [4.69, 9.17) is 9.47 Å². The Morgan fingerprint density at radius 3 is 2.54 bits per heavy atom. The zero-order valence-electron chi connectivity index (χ0n) is 14.1. The number of hydrogen-bond donors (Lipinski definition) is 1. The van der Waals surface area contributed by atoms with E-state index in [1.807, 2.05) is 13.8 Å². The zero-order chi connectivity index (χ0) is 17.7. The fourth-order valence-corrected chi connectivity index (χ4v) is 2.23. The molecule has 24 heavy (non-hydrogen) atoms. The number of benzene rings is 2. The zero-order valence-corrected chi connectivity index (χ0v) is 14.1. The first-order chi connectivity index (χ1) is 11.5. The Balaban J connectivity index is 2.28. The molecule has 0 fully saturated rings. The molecule has 0 aliphatic rings. The van der Waals surface area contributed by atoms with Crippen LogP contribution >= 0.6 is 0 Å². The van der Waals surface area contributed by atoms with Gasteiger partial charge in [0.15, 0.2) is 11.6 Å². The van der Waals surface area contributed by atoms with Crippen molar-refractivity contribution < 1.29 is 23.8 Å². The van der Waals surface area contributed by atoms with Crippen LogP contribution in [0.5, 0.6) is 11.5 Å². The molecule has 2 rings (SSSR count). The molecule has 4 nitrogen and oxygen atoms in total. The molecule has 0 amide bonds. The van der Waals surface area contributed by atoms with E-state index in [2.05, 4.69) is 0 Å². The highest BCUT2D eigenvalue weighted by Gasteiger charge is 2.14. The second-order valence-electron chi connectivity index (χ2n) is 5.54. The van der Waals surface area contributed by atoms with Crippen molar-refractivity contribution in [3.63, 3.8) is 0 Å². The first-order valence-electron chi connectivity index (χ1n) is 7.78. The largest absolute Gasteiger partial charge is 0.486 e. The Kier molecular flexibility index (Phi) is 5.93. The molecule has 0 atom stereocenters. The molecule has 5 heteroatoms. The third kappa shape index (κ3) is 4.11. The Hall–Kier alpha value is -2.40. The average Bonchev–Trinajstić information content (AvgIpc) is 2.57. The number of carbonyl (C=O) groups is 1. The molecule has 2 aromatic carbocycles. The Bertz CT molecular complexity index is 740. The Morgan fingerprint density at radius 1 is 1.17 bits per heavy atom. The van der Waals surface area contributed by atoms with Gasteiger partial charge in [0, 0.05) is 12.0 Å². The number of ether oxygens (including phenoxy) is 2. The Labute approximate surface area is 140 Å². The van der Waals surface area contributed by atoms with Gasteiger partial charge in [0.05, 0.1) is 6.61 Å². The number of rotatable bonds is 6. The lowest BCUT2D eigenvalue weighted by atomic mass is 10.1. The van der Waals surface area contributed by atoms with Crippen LogP contribution in [0.2, 0.25) is 0 Å². The van der Waals surface area contributed by atoms with Gasteiger partial charge in [0.25, 0.3) is 0 Å². The van der Waals surface area contributed by atoms with Crippen LogP contribution in [0.25, 0.3) is 0 Å². The topological polar surface area (TPSA) is 55.8 Å². The van der Waals surface area contributed by atoms with E-state index < -0.39 is 5.82 Å². The lowest BCUT2D eigenvalue weighted by molar-refractivity contribution is -0.134. The van der Waals surface area contributed by atoms with Crippen molar-refractivity contribution in [2.75, 3.05) is 0 Å². The van der Waals surface area contributed by atoms with Gasteiger partial charge in [-0.25, -0.2) is 4.39 Å². The molecule has 0 radical (unpaired) electrons. The summed E-state index contributed by atoms with van der Waals surface area (Å²) < 4.78 is 24.9. The molecule has 2 aromatic rings. The van der Waals surface area contributed by atoms with E-state index in [1.54, 1.807) is 31.2 Å². The third-order valence-electron chi connectivity index (χ3n) is 3.83. The molecule has 0 saturated carbocycles. The number of aliphatic hydroxyl groups is 1. The Morgan fingerprint density at radius 2 is 1.88 bits per heavy atom. The third-order valence-corrected chi connectivity index (χ3v) is 3.83. The first-order valence-corrected chi connectivity index (χ1v) is 7.78. The minimum atomic E-state index is -0.452. The quantitative estimate of drug-likeness (QED) is 0.645. The van der Waals surface area contributed by atoms with Crippen LogP contribution in [0.4, 0.5) is 4.39 Å². The maximum absolute atomic E-state index is 14.0. The number of halogens is 1. The lowest BCUT2D eigenvalue weighted by Crippen LogP contribution is -2.10. The van der Waals surface area contributed by atoms with Crippen LogP contribution in [0.1, 0.15) is 35.6 Å². The summed E-state index contributed by atoms with van der Waals surface area (Å²) in [5.74, 6) is -0.397. The average molecular weight is 332 g/mol. The van der Waals surface area contributed by atoms with Crippen LogP contribution in [0, 0.1) is 19.7 Å². The highest BCUT2D eigenvalue weighted by molar-refractivity contribution is 5.72. The number of aryl methyl sites for hydroxylation is 2. The molecule has 0 aliphatic carbocycles. The van der Waals surface area contributed by atoms with Gasteiger partial charge in [-0.3, -0.25) is 4.79 Å². The van der Waals surface area contributed by atoms with Crippen LogP contribution in [-0.4, -0.2) is 11.1 Å². The summed E-state index contributed by atoms with van der Waals surface area (Å²) in [4.78, 5) is 11.6. The monoisotopic (exact) mass is 332 g/mol. The molecular formula is C19H21FO4. The van der Waals surface area contributed by atoms with Crippen molar-refractivity contribution in [1.82, 2.24) is 0 Å². The van der Waals surface area contributed by atoms with Gasteiger partial charge < -0.3 is 14.6 Å².